The second-order valence-electron chi connectivity index (χ2n) is 4.11. The zero-order chi connectivity index (χ0) is 16.1. The maximum absolute atomic E-state index is 10.9. The van der Waals surface area contributed by atoms with Crippen LogP contribution in [0.2, 0.25) is 5.28 Å². The molecular weight excluding hydrogens is 314 g/mol. The molecule has 0 aliphatic rings. The third-order valence-corrected chi connectivity index (χ3v) is 2.78. The lowest BCUT2D eigenvalue weighted by molar-refractivity contribution is -0.384. The SMILES string of the molecule is O=C(O)NCc1ccc(Nc2nc(Cl)ncc2[N+](=O)[O-])cc1. The molecule has 0 saturated carbocycles. The molecule has 3 N–H and O–H groups in total. The van der Waals surface area contributed by atoms with Crippen molar-refractivity contribution in [1.82, 2.24) is 15.3 Å². The van der Waals surface area contributed by atoms with Crippen molar-refractivity contribution in [2.45, 2.75) is 6.54 Å². The maximum atomic E-state index is 10.9. The predicted molar refractivity (Wildman–Crippen MR) is 78.3 cm³/mol. The van der Waals surface area contributed by atoms with E-state index in [4.69, 9.17) is 16.7 Å². The normalized spacial score (nSPS) is 10.0. The lowest BCUT2D eigenvalue weighted by Gasteiger charge is -2.07. The van der Waals surface area contributed by atoms with Gasteiger partial charge in [-0.1, -0.05) is 12.1 Å². The molecule has 1 heterocycles. The summed E-state index contributed by atoms with van der Waals surface area (Å²) in [6.07, 6.45) is -0.100. The number of amides is 1. The van der Waals surface area contributed by atoms with Crippen LogP contribution in [0.25, 0.3) is 0 Å². The van der Waals surface area contributed by atoms with Crippen LogP contribution in [0.5, 0.6) is 0 Å². The van der Waals surface area contributed by atoms with Crippen molar-refractivity contribution in [2.75, 3.05) is 5.32 Å². The van der Waals surface area contributed by atoms with Gasteiger partial charge in [-0.2, -0.15) is 4.98 Å². The van der Waals surface area contributed by atoms with E-state index >= 15 is 0 Å². The number of rotatable bonds is 5. The van der Waals surface area contributed by atoms with Gasteiger partial charge in [0, 0.05) is 12.2 Å². The summed E-state index contributed by atoms with van der Waals surface area (Å²) in [5.41, 5.74) is 0.973. The summed E-state index contributed by atoms with van der Waals surface area (Å²) in [5.74, 6) is -0.0265. The molecule has 9 nitrogen and oxygen atoms in total. The van der Waals surface area contributed by atoms with Crippen molar-refractivity contribution >= 4 is 34.9 Å². The van der Waals surface area contributed by atoms with E-state index < -0.39 is 11.0 Å². The monoisotopic (exact) mass is 323 g/mol. The number of halogens is 1. The van der Waals surface area contributed by atoms with Gasteiger partial charge in [0.2, 0.25) is 11.1 Å². The van der Waals surface area contributed by atoms with Crippen molar-refractivity contribution in [3.8, 4) is 0 Å². The molecule has 0 spiro atoms. The highest BCUT2D eigenvalue weighted by molar-refractivity contribution is 6.28. The Morgan fingerprint density at radius 1 is 1.36 bits per heavy atom. The van der Waals surface area contributed by atoms with Gasteiger partial charge in [0.05, 0.1) is 4.92 Å². The molecule has 114 valence electrons. The lowest BCUT2D eigenvalue weighted by Crippen LogP contribution is -2.19. The van der Waals surface area contributed by atoms with Gasteiger partial charge < -0.3 is 15.7 Å². The second kappa shape index (κ2) is 6.68. The Morgan fingerprint density at radius 2 is 2.05 bits per heavy atom. The zero-order valence-electron chi connectivity index (χ0n) is 11.0. The van der Waals surface area contributed by atoms with Gasteiger partial charge in [0.1, 0.15) is 6.20 Å². The third-order valence-electron chi connectivity index (χ3n) is 2.60. The minimum atomic E-state index is -1.12. The van der Waals surface area contributed by atoms with Gasteiger partial charge in [-0.3, -0.25) is 10.1 Å². The molecule has 2 aromatic rings. The van der Waals surface area contributed by atoms with E-state index in [1.54, 1.807) is 24.3 Å². The summed E-state index contributed by atoms with van der Waals surface area (Å²) in [7, 11) is 0. The zero-order valence-corrected chi connectivity index (χ0v) is 11.7. The van der Waals surface area contributed by atoms with E-state index in [-0.39, 0.29) is 23.3 Å². The molecule has 0 atom stereocenters. The Hall–Kier alpha value is -2.94. The van der Waals surface area contributed by atoms with Crippen LogP contribution in [-0.2, 0) is 6.54 Å². The van der Waals surface area contributed by atoms with Gasteiger partial charge in [-0.25, -0.2) is 9.78 Å². The Balaban J connectivity index is 2.15. The number of anilines is 2. The predicted octanol–water partition coefficient (Wildman–Crippen LogP) is 2.55. The molecule has 10 heteroatoms. The first-order valence-electron chi connectivity index (χ1n) is 5.95. The summed E-state index contributed by atoms with van der Waals surface area (Å²) in [6, 6.07) is 6.62. The largest absolute Gasteiger partial charge is 0.465 e. The molecule has 1 amide bonds. The fraction of sp³-hybridized carbons (Fsp3) is 0.0833. The number of hydrogen-bond donors (Lipinski definition) is 3. The minimum Gasteiger partial charge on any atom is -0.465 e. The van der Waals surface area contributed by atoms with E-state index in [1.807, 2.05) is 0 Å². The molecule has 0 radical (unpaired) electrons. The number of nitro groups is 1. The van der Waals surface area contributed by atoms with Crippen molar-refractivity contribution < 1.29 is 14.8 Å². The Morgan fingerprint density at radius 3 is 2.64 bits per heavy atom. The topological polar surface area (TPSA) is 130 Å². The first-order valence-corrected chi connectivity index (χ1v) is 6.33. The number of nitrogens with zero attached hydrogens (tertiary/aromatic N) is 3. The van der Waals surface area contributed by atoms with Crippen molar-refractivity contribution in [1.29, 1.82) is 0 Å². The fourth-order valence-electron chi connectivity index (χ4n) is 1.60. The van der Waals surface area contributed by atoms with Crippen LogP contribution < -0.4 is 10.6 Å². The van der Waals surface area contributed by atoms with E-state index in [9.17, 15) is 14.9 Å². The molecule has 0 unspecified atom stereocenters. The summed E-state index contributed by atoms with van der Waals surface area (Å²) in [5, 5.41) is 24.3. The molecule has 0 saturated heterocycles. The Kier molecular flexibility index (Phi) is 4.69. The summed E-state index contributed by atoms with van der Waals surface area (Å²) < 4.78 is 0. The van der Waals surface area contributed by atoms with Crippen LogP contribution in [0, 0.1) is 10.1 Å². The standard InChI is InChI=1S/C12H10ClN5O4/c13-11-14-6-9(18(21)22)10(17-11)16-8-3-1-7(2-4-8)5-15-12(19)20/h1-4,6,15H,5H2,(H,19,20)(H,14,16,17). The van der Waals surface area contributed by atoms with Gasteiger partial charge in [-0.05, 0) is 29.3 Å². The summed E-state index contributed by atoms with van der Waals surface area (Å²) in [4.78, 5) is 28.0. The number of carbonyl (C=O) groups is 1. The van der Waals surface area contributed by atoms with Crippen LogP contribution >= 0.6 is 11.6 Å². The molecular formula is C12H10ClN5O4. The minimum absolute atomic E-state index is 0.0265. The van der Waals surface area contributed by atoms with E-state index in [0.29, 0.717) is 5.69 Å². The highest BCUT2D eigenvalue weighted by Crippen LogP contribution is 2.25. The molecule has 22 heavy (non-hydrogen) atoms. The molecule has 1 aromatic heterocycles. The van der Waals surface area contributed by atoms with Crippen LogP contribution in [0.1, 0.15) is 5.56 Å². The highest BCUT2D eigenvalue weighted by atomic mass is 35.5. The number of benzene rings is 1. The first-order chi connectivity index (χ1) is 10.5. The molecule has 0 aliphatic heterocycles. The highest BCUT2D eigenvalue weighted by Gasteiger charge is 2.17. The Labute approximate surface area is 129 Å². The average molecular weight is 324 g/mol. The van der Waals surface area contributed by atoms with Crippen molar-refractivity contribution in [3.05, 3.63) is 51.4 Å². The molecule has 2 rings (SSSR count). The first kappa shape index (κ1) is 15.4. The van der Waals surface area contributed by atoms with Crippen LogP contribution in [-0.4, -0.2) is 26.1 Å². The van der Waals surface area contributed by atoms with Crippen LogP contribution in [0.4, 0.5) is 22.0 Å². The smallest absolute Gasteiger partial charge is 0.404 e. The number of nitrogens with one attached hydrogen (secondary N) is 2. The number of aromatic nitrogens is 2. The molecule has 0 aliphatic carbocycles. The Bertz CT molecular complexity index is 707. The van der Waals surface area contributed by atoms with Gasteiger partial charge in [0.25, 0.3) is 0 Å². The van der Waals surface area contributed by atoms with Gasteiger partial charge in [-0.15, -0.1) is 0 Å². The van der Waals surface area contributed by atoms with Gasteiger partial charge >= 0.3 is 11.8 Å². The number of hydrogen-bond acceptors (Lipinski definition) is 6. The van der Waals surface area contributed by atoms with Crippen molar-refractivity contribution in [2.24, 2.45) is 0 Å². The maximum Gasteiger partial charge on any atom is 0.404 e. The van der Waals surface area contributed by atoms with Crippen LogP contribution in [0.3, 0.4) is 0 Å². The number of carboxylic acid groups (broad SMARTS) is 1. The average Bonchev–Trinajstić information content (AvgIpc) is 2.46. The van der Waals surface area contributed by atoms with Crippen LogP contribution in [0.15, 0.2) is 30.5 Å². The molecule has 0 fully saturated rings. The van der Waals surface area contributed by atoms with E-state index in [1.165, 1.54) is 0 Å². The van der Waals surface area contributed by atoms with E-state index in [2.05, 4.69) is 20.6 Å². The quantitative estimate of drug-likeness (QED) is 0.438. The van der Waals surface area contributed by atoms with Gasteiger partial charge in [0.15, 0.2) is 0 Å². The van der Waals surface area contributed by atoms with Crippen molar-refractivity contribution in [3.63, 3.8) is 0 Å². The molecule has 1 aromatic carbocycles. The third kappa shape index (κ3) is 4.03. The summed E-state index contributed by atoms with van der Waals surface area (Å²) >= 11 is 5.64. The summed E-state index contributed by atoms with van der Waals surface area (Å²) in [6.45, 7) is 0.162. The van der Waals surface area contributed by atoms with E-state index in [0.717, 1.165) is 11.8 Å². The fourth-order valence-corrected chi connectivity index (χ4v) is 1.73. The lowest BCUT2D eigenvalue weighted by atomic mass is 10.2. The second-order valence-corrected chi connectivity index (χ2v) is 4.45. The molecule has 0 bridgehead atoms.